The number of hydrogen-bond acceptors (Lipinski definition) is 6. The first-order chi connectivity index (χ1) is 11.2. The smallest absolute Gasteiger partial charge is 0.243 e. The van der Waals surface area contributed by atoms with Gasteiger partial charge in [-0.3, -0.25) is 0 Å². The van der Waals surface area contributed by atoms with Gasteiger partial charge in [-0.2, -0.15) is 4.31 Å². The number of sulfone groups is 1. The van der Waals surface area contributed by atoms with Crippen molar-refractivity contribution in [3.05, 3.63) is 29.8 Å². The molecule has 9 heteroatoms. The number of benzene rings is 1. The fourth-order valence-corrected chi connectivity index (χ4v) is 6.26. The number of aryl methyl sites for hydroxylation is 1. The van der Waals surface area contributed by atoms with E-state index in [9.17, 15) is 21.9 Å². The van der Waals surface area contributed by atoms with Gasteiger partial charge in [0.05, 0.1) is 29.1 Å². The number of hydrogen-bond donors (Lipinski definition) is 2. The van der Waals surface area contributed by atoms with Gasteiger partial charge < -0.3 is 10.2 Å². The molecule has 0 amide bonds. The van der Waals surface area contributed by atoms with Crippen LogP contribution in [0.3, 0.4) is 0 Å². The first kappa shape index (κ1) is 19.3. The summed E-state index contributed by atoms with van der Waals surface area (Å²) in [7, 11) is -7.25. The van der Waals surface area contributed by atoms with Crippen LogP contribution in [0, 0.1) is 0 Å². The van der Waals surface area contributed by atoms with Gasteiger partial charge in [0.15, 0.2) is 9.84 Å². The summed E-state index contributed by atoms with van der Waals surface area (Å²) in [6, 6.07) is 5.65. The van der Waals surface area contributed by atoms with Crippen LogP contribution >= 0.6 is 0 Å². The molecule has 24 heavy (non-hydrogen) atoms. The maximum Gasteiger partial charge on any atom is 0.243 e. The number of aliphatic hydroxyl groups is 2. The fourth-order valence-electron chi connectivity index (χ4n) is 2.74. The second-order valence-electron chi connectivity index (χ2n) is 5.97. The third kappa shape index (κ3) is 4.34. The normalized spacial score (nSPS) is 21.9. The van der Waals surface area contributed by atoms with E-state index in [4.69, 9.17) is 5.11 Å². The second-order valence-corrected chi connectivity index (χ2v) is 10.1. The molecule has 1 aromatic rings. The molecule has 1 heterocycles. The SMILES string of the molecule is CCc1ccc(S(=O)(=O)N(C[C@@H](O)CO)[C@H]2CCS(=O)(=O)C2)cc1. The number of aliphatic hydroxyl groups excluding tert-OH is 2. The van der Waals surface area contributed by atoms with E-state index in [-0.39, 0.29) is 29.4 Å². The molecule has 0 aromatic heterocycles. The van der Waals surface area contributed by atoms with Crippen LogP contribution < -0.4 is 0 Å². The molecule has 1 fully saturated rings. The molecule has 0 saturated carbocycles. The molecule has 2 rings (SSSR count). The van der Waals surface area contributed by atoms with E-state index in [1.807, 2.05) is 6.92 Å². The maximum absolute atomic E-state index is 12.9. The van der Waals surface area contributed by atoms with E-state index in [0.717, 1.165) is 16.3 Å². The van der Waals surface area contributed by atoms with Crippen LogP contribution in [-0.2, 0) is 26.3 Å². The topological polar surface area (TPSA) is 112 Å². The zero-order valence-corrected chi connectivity index (χ0v) is 15.1. The summed E-state index contributed by atoms with van der Waals surface area (Å²) in [5.74, 6) is -0.342. The highest BCUT2D eigenvalue weighted by atomic mass is 32.2. The van der Waals surface area contributed by atoms with Gasteiger partial charge in [0.2, 0.25) is 10.0 Å². The highest BCUT2D eigenvalue weighted by molar-refractivity contribution is 7.92. The molecule has 0 unspecified atom stereocenters. The van der Waals surface area contributed by atoms with Crippen molar-refractivity contribution < 1.29 is 27.0 Å². The average molecular weight is 377 g/mol. The fraction of sp³-hybridized carbons (Fsp3) is 0.600. The van der Waals surface area contributed by atoms with Crippen LogP contribution in [-0.4, -0.2) is 68.2 Å². The number of rotatable bonds is 7. The van der Waals surface area contributed by atoms with E-state index >= 15 is 0 Å². The summed E-state index contributed by atoms with van der Waals surface area (Å²) in [4.78, 5) is 0.0501. The van der Waals surface area contributed by atoms with Crippen LogP contribution in [0.1, 0.15) is 18.9 Å². The molecule has 136 valence electrons. The molecule has 0 radical (unpaired) electrons. The average Bonchev–Trinajstić information content (AvgIpc) is 2.91. The Morgan fingerprint density at radius 2 is 1.92 bits per heavy atom. The minimum absolute atomic E-state index is 0.0501. The molecule has 0 aliphatic carbocycles. The zero-order chi connectivity index (χ0) is 18.0. The van der Waals surface area contributed by atoms with Gasteiger partial charge >= 0.3 is 0 Å². The molecule has 1 aliphatic heterocycles. The Hall–Kier alpha value is -1.00. The molecule has 0 spiro atoms. The molecular formula is C15H23NO6S2. The summed E-state index contributed by atoms with van der Waals surface area (Å²) in [6.07, 6.45) is -0.307. The minimum Gasteiger partial charge on any atom is -0.394 e. The lowest BCUT2D eigenvalue weighted by molar-refractivity contribution is 0.0730. The third-order valence-electron chi connectivity index (χ3n) is 4.16. The van der Waals surface area contributed by atoms with Crippen LogP contribution in [0.4, 0.5) is 0 Å². The second kappa shape index (κ2) is 7.49. The van der Waals surface area contributed by atoms with Crippen molar-refractivity contribution >= 4 is 19.9 Å². The van der Waals surface area contributed by atoms with Crippen molar-refractivity contribution in [1.82, 2.24) is 4.31 Å². The lowest BCUT2D eigenvalue weighted by atomic mass is 10.2. The van der Waals surface area contributed by atoms with Crippen molar-refractivity contribution in [3.8, 4) is 0 Å². The van der Waals surface area contributed by atoms with E-state index in [2.05, 4.69) is 0 Å². The standard InChI is InChI=1S/C15H23NO6S2/c1-2-12-3-5-15(6-4-12)24(21,22)16(9-14(18)10-17)13-7-8-23(19,20)11-13/h3-6,13-14,17-18H,2,7-11H2,1H3/t13-,14+/m0/s1. The molecule has 2 atom stereocenters. The summed E-state index contributed by atoms with van der Waals surface area (Å²) >= 11 is 0. The largest absolute Gasteiger partial charge is 0.394 e. The van der Waals surface area contributed by atoms with Crippen molar-refractivity contribution in [2.24, 2.45) is 0 Å². The summed E-state index contributed by atoms with van der Waals surface area (Å²) in [5, 5.41) is 18.7. The summed E-state index contributed by atoms with van der Waals surface area (Å²) < 4.78 is 50.3. The van der Waals surface area contributed by atoms with Gasteiger partial charge in [-0.25, -0.2) is 16.8 Å². The lowest BCUT2D eigenvalue weighted by Crippen LogP contribution is -2.46. The Bertz CT molecular complexity index is 758. The predicted octanol–water partition coefficient (Wildman–Crippen LogP) is -0.220. The van der Waals surface area contributed by atoms with E-state index in [1.165, 1.54) is 12.1 Å². The highest BCUT2D eigenvalue weighted by Crippen LogP contribution is 2.25. The Labute approximate surface area is 142 Å². The van der Waals surface area contributed by atoms with Gasteiger partial charge in [0, 0.05) is 12.6 Å². The van der Waals surface area contributed by atoms with E-state index in [0.29, 0.717) is 0 Å². The molecule has 7 nitrogen and oxygen atoms in total. The van der Waals surface area contributed by atoms with Crippen LogP contribution in [0.2, 0.25) is 0 Å². The van der Waals surface area contributed by atoms with Gasteiger partial charge in [-0.15, -0.1) is 0 Å². The van der Waals surface area contributed by atoms with E-state index < -0.39 is 38.6 Å². The number of nitrogens with zero attached hydrogens (tertiary/aromatic N) is 1. The van der Waals surface area contributed by atoms with Crippen LogP contribution in [0.5, 0.6) is 0 Å². The molecular weight excluding hydrogens is 354 g/mol. The first-order valence-electron chi connectivity index (χ1n) is 7.79. The molecule has 1 saturated heterocycles. The number of sulfonamides is 1. The zero-order valence-electron chi connectivity index (χ0n) is 13.5. The monoisotopic (exact) mass is 377 g/mol. The Balaban J connectivity index is 2.36. The van der Waals surface area contributed by atoms with Crippen molar-refractivity contribution in [3.63, 3.8) is 0 Å². The third-order valence-corrected chi connectivity index (χ3v) is 7.84. The quantitative estimate of drug-likeness (QED) is 0.679. The first-order valence-corrected chi connectivity index (χ1v) is 11.1. The maximum atomic E-state index is 12.9. The van der Waals surface area contributed by atoms with Gasteiger partial charge in [0.25, 0.3) is 0 Å². The molecule has 2 N–H and O–H groups in total. The summed E-state index contributed by atoms with van der Waals surface area (Å²) in [5.41, 5.74) is 0.985. The Morgan fingerprint density at radius 3 is 2.38 bits per heavy atom. The summed E-state index contributed by atoms with van der Waals surface area (Å²) in [6.45, 7) is 1.02. The Morgan fingerprint density at radius 1 is 1.29 bits per heavy atom. The van der Waals surface area contributed by atoms with Gasteiger partial charge in [0.1, 0.15) is 0 Å². The van der Waals surface area contributed by atoms with Crippen LogP contribution in [0.25, 0.3) is 0 Å². The van der Waals surface area contributed by atoms with Crippen LogP contribution in [0.15, 0.2) is 29.2 Å². The van der Waals surface area contributed by atoms with Crippen molar-refractivity contribution in [2.45, 2.75) is 36.8 Å². The van der Waals surface area contributed by atoms with Gasteiger partial charge in [-0.1, -0.05) is 19.1 Å². The Kier molecular flexibility index (Phi) is 6.03. The minimum atomic E-state index is -3.97. The van der Waals surface area contributed by atoms with Crippen molar-refractivity contribution in [2.75, 3.05) is 24.7 Å². The molecule has 0 bridgehead atoms. The lowest BCUT2D eigenvalue weighted by Gasteiger charge is -2.29. The molecule has 1 aromatic carbocycles. The predicted molar refractivity (Wildman–Crippen MR) is 89.9 cm³/mol. The highest BCUT2D eigenvalue weighted by Gasteiger charge is 2.39. The van der Waals surface area contributed by atoms with E-state index in [1.54, 1.807) is 12.1 Å². The van der Waals surface area contributed by atoms with Crippen molar-refractivity contribution in [1.29, 1.82) is 0 Å². The molecule has 1 aliphatic rings. The van der Waals surface area contributed by atoms with Gasteiger partial charge in [-0.05, 0) is 30.5 Å².